The van der Waals surface area contributed by atoms with Crippen LogP contribution in [-0.4, -0.2) is 12.4 Å². The normalized spacial score (nSPS) is 15.9. The van der Waals surface area contributed by atoms with Crippen LogP contribution >= 0.6 is 0 Å². The number of aryl methyl sites for hydroxylation is 1. The lowest BCUT2D eigenvalue weighted by molar-refractivity contribution is 0.675. The zero-order valence-corrected chi connectivity index (χ0v) is 14.7. The topological polar surface area (TPSA) is 55.5 Å². The van der Waals surface area contributed by atoms with Gasteiger partial charge in [0.15, 0.2) is 8.24 Å². The van der Waals surface area contributed by atoms with Crippen LogP contribution in [0.5, 0.6) is 0 Å². The predicted molar refractivity (Wildman–Crippen MR) is 86.0 cm³/mol. The monoisotopic (exact) mass is 298 g/mol. The van der Waals surface area contributed by atoms with Gasteiger partial charge in [0, 0.05) is 0 Å². The van der Waals surface area contributed by atoms with Gasteiger partial charge < -0.3 is 0 Å². The highest BCUT2D eigenvalue weighted by Gasteiger charge is 2.37. The van der Waals surface area contributed by atoms with Crippen LogP contribution in [-0.2, 0) is 16.3 Å². The molecule has 0 spiro atoms. The number of rotatable bonds is 3. The van der Waals surface area contributed by atoms with Gasteiger partial charge in [-0.2, -0.15) is 0 Å². The van der Waals surface area contributed by atoms with E-state index >= 15 is 0 Å². The van der Waals surface area contributed by atoms with Gasteiger partial charge in [-0.05, 0) is 42.2 Å². The van der Waals surface area contributed by atoms with Crippen LogP contribution in [0.25, 0.3) is 0 Å². The summed E-state index contributed by atoms with van der Waals surface area (Å²) in [5.74, 6) is 0. The summed E-state index contributed by atoms with van der Waals surface area (Å²) in [7, 11) is -4.81. The quantitative estimate of drug-likeness (QED) is 0.844. The highest BCUT2D eigenvalue weighted by atomic mass is 32.2. The number of nitrogens with two attached hydrogens (primary N) is 1. The minimum Gasteiger partial charge on any atom is -0.261 e. The summed E-state index contributed by atoms with van der Waals surface area (Å²) in [6.45, 7) is 12.7. The third-order valence-electron chi connectivity index (χ3n) is 3.87. The first kappa shape index (κ1) is 16.4. The van der Waals surface area contributed by atoms with Crippen LogP contribution in [0.15, 0.2) is 33.2 Å². The first-order chi connectivity index (χ1) is 8.49. The lowest BCUT2D eigenvalue weighted by Crippen LogP contribution is -2.37. The molecule has 1 atom stereocenters. The Kier molecular flexibility index (Phi) is 4.65. The molecule has 0 amide bonds. The van der Waals surface area contributed by atoms with Crippen molar-refractivity contribution in [2.75, 3.05) is 0 Å². The first-order valence-corrected chi connectivity index (χ1v) is 11.2. The average Bonchev–Trinajstić information content (AvgIpc) is 2.26. The van der Waals surface area contributed by atoms with Crippen LogP contribution in [0.4, 0.5) is 0 Å². The van der Waals surface area contributed by atoms with Crippen molar-refractivity contribution < 1.29 is 4.21 Å². The minimum absolute atomic E-state index is 0.0401. The Balaban J connectivity index is 3.26. The molecule has 0 aliphatic carbocycles. The van der Waals surface area contributed by atoms with Crippen LogP contribution in [0.2, 0.25) is 18.1 Å². The van der Waals surface area contributed by atoms with Gasteiger partial charge in [-0.15, -0.1) is 0 Å². The van der Waals surface area contributed by atoms with E-state index in [0.717, 1.165) is 6.42 Å². The molecule has 1 aromatic rings. The van der Waals surface area contributed by atoms with Crippen molar-refractivity contribution in [3.63, 3.8) is 0 Å². The van der Waals surface area contributed by atoms with E-state index in [1.165, 1.54) is 5.56 Å². The van der Waals surface area contributed by atoms with E-state index in [9.17, 15) is 4.21 Å². The summed E-state index contributed by atoms with van der Waals surface area (Å²) in [4.78, 5) is 0.634. The van der Waals surface area contributed by atoms with E-state index in [-0.39, 0.29) is 5.04 Å². The maximum absolute atomic E-state index is 12.7. The molecule has 3 nitrogen and oxygen atoms in total. The molecule has 0 radical (unpaired) electrons. The Morgan fingerprint density at radius 3 is 2.05 bits per heavy atom. The largest absolute Gasteiger partial charge is 0.261 e. The molecule has 5 heteroatoms. The summed E-state index contributed by atoms with van der Waals surface area (Å²) < 4.78 is 17.3. The van der Waals surface area contributed by atoms with Crippen LogP contribution in [0.3, 0.4) is 0 Å². The van der Waals surface area contributed by atoms with Gasteiger partial charge in [0.2, 0.25) is 0 Å². The van der Waals surface area contributed by atoms with Gasteiger partial charge in [0.1, 0.15) is 9.92 Å². The number of hydrogen-bond acceptors (Lipinski definition) is 2. The molecule has 0 aliphatic rings. The number of benzene rings is 1. The standard InChI is InChI=1S/C14H26N2OSSi/c1-7-12-8-10-13(11-9-12)18(15,17)16-19(5,6)14(2,3)4/h8-11H,7H2,1-6H3,(H2,15,16,17). The SMILES string of the molecule is CCc1ccc(S(N)(=O)=N[Si](C)(C)C(C)(C)C)cc1. The molecule has 0 fully saturated rings. The van der Waals surface area contributed by atoms with Gasteiger partial charge in [0.05, 0.1) is 4.90 Å². The fourth-order valence-corrected chi connectivity index (χ4v) is 6.20. The maximum atomic E-state index is 12.7. The van der Waals surface area contributed by atoms with Crippen LogP contribution in [0.1, 0.15) is 33.3 Å². The molecule has 1 unspecified atom stereocenters. The third-order valence-corrected chi connectivity index (χ3v) is 11.4. The van der Waals surface area contributed by atoms with Crippen molar-refractivity contribution in [2.45, 2.75) is 57.1 Å². The van der Waals surface area contributed by atoms with E-state index in [0.29, 0.717) is 4.90 Å². The van der Waals surface area contributed by atoms with E-state index in [1.54, 1.807) is 0 Å². The molecule has 1 rings (SSSR count). The van der Waals surface area contributed by atoms with Gasteiger partial charge in [-0.25, -0.2) is 9.35 Å². The smallest absolute Gasteiger partial charge is 0.195 e. The molecular formula is C14H26N2OSSi. The van der Waals surface area contributed by atoms with Gasteiger partial charge in [-0.3, -0.25) is 4.03 Å². The summed E-state index contributed by atoms with van der Waals surface area (Å²) in [6, 6.07) is 7.64. The van der Waals surface area contributed by atoms with Crippen molar-refractivity contribution in [2.24, 2.45) is 9.17 Å². The fraction of sp³-hybridized carbons (Fsp3) is 0.571. The van der Waals surface area contributed by atoms with E-state index in [1.807, 2.05) is 24.3 Å². The molecular weight excluding hydrogens is 272 g/mol. The second-order valence-corrected chi connectivity index (χ2v) is 13.4. The molecule has 2 N–H and O–H groups in total. The third kappa shape index (κ3) is 3.90. The van der Waals surface area contributed by atoms with Crippen molar-refractivity contribution in [1.29, 1.82) is 0 Å². The van der Waals surface area contributed by atoms with Crippen molar-refractivity contribution in [1.82, 2.24) is 0 Å². The lowest BCUT2D eigenvalue weighted by atomic mass is 10.2. The molecule has 0 saturated heterocycles. The van der Waals surface area contributed by atoms with Crippen molar-refractivity contribution >= 4 is 18.2 Å². The second kappa shape index (κ2) is 5.38. The van der Waals surface area contributed by atoms with Crippen LogP contribution in [0, 0.1) is 0 Å². The molecule has 0 aliphatic heterocycles. The van der Waals surface area contributed by atoms with E-state index < -0.39 is 18.2 Å². The summed E-state index contributed by atoms with van der Waals surface area (Å²) >= 11 is 0. The second-order valence-electron chi connectivity index (χ2n) is 6.47. The Bertz CT molecular complexity index is 550. The average molecular weight is 299 g/mol. The number of nitrogens with zero attached hydrogens (tertiary/aromatic N) is 1. The maximum Gasteiger partial charge on any atom is 0.195 e. The molecule has 1 aromatic carbocycles. The van der Waals surface area contributed by atoms with Crippen molar-refractivity contribution in [3.8, 4) is 0 Å². The number of hydrogen-bond donors (Lipinski definition) is 1. The van der Waals surface area contributed by atoms with Gasteiger partial charge in [-0.1, -0.05) is 39.8 Å². The lowest BCUT2D eigenvalue weighted by Gasteiger charge is -2.32. The Labute approximate surface area is 119 Å². The minimum atomic E-state index is -2.79. The predicted octanol–water partition coefficient (Wildman–Crippen LogP) is 3.95. The summed E-state index contributed by atoms with van der Waals surface area (Å²) in [5, 5.41) is 6.05. The Morgan fingerprint density at radius 1 is 1.21 bits per heavy atom. The fourth-order valence-electron chi connectivity index (χ4n) is 1.45. The zero-order valence-electron chi connectivity index (χ0n) is 12.9. The first-order valence-electron chi connectivity index (χ1n) is 6.64. The molecule has 0 aromatic heterocycles. The van der Waals surface area contributed by atoms with Crippen molar-refractivity contribution in [3.05, 3.63) is 29.8 Å². The zero-order chi connectivity index (χ0) is 14.9. The summed E-state index contributed by atoms with van der Waals surface area (Å²) in [5.41, 5.74) is 1.21. The highest BCUT2D eigenvalue weighted by molar-refractivity contribution is 7.92. The Morgan fingerprint density at radius 2 is 1.68 bits per heavy atom. The molecule has 0 bridgehead atoms. The molecule has 0 saturated carbocycles. The van der Waals surface area contributed by atoms with Gasteiger partial charge >= 0.3 is 0 Å². The summed E-state index contributed by atoms with van der Waals surface area (Å²) in [6.07, 6.45) is 0.964. The Hall–Kier alpha value is -0.653. The van der Waals surface area contributed by atoms with E-state index in [4.69, 9.17) is 5.14 Å². The van der Waals surface area contributed by atoms with Crippen LogP contribution < -0.4 is 5.14 Å². The molecule has 19 heavy (non-hydrogen) atoms. The van der Waals surface area contributed by atoms with E-state index in [2.05, 4.69) is 44.8 Å². The molecule has 0 heterocycles. The van der Waals surface area contributed by atoms with Gasteiger partial charge in [0.25, 0.3) is 0 Å². The molecule has 108 valence electrons. The highest BCUT2D eigenvalue weighted by Crippen LogP contribution is 2.37.